The fourth-order valence-corrected chi connectivity index (χ4v) is 2.79. The minimum Gasteiger partial charge on any atom is -0.371 e. The quantitative estimate of drug-likeness (QED) is 0.176. The number of nitrogens with one attached hydrogen (secondary N) is 2. The molecule has 0 aliphatic carbocycles. The van der Waals surface area contributed by atoms with Crippen molar-refractivity contribution in [1.82, 2.24) is 20.8 Å². The van der Waals surface area contributed by atoms with Crippen molar-refractivity contribution in [3.8, 4) is 0 Å². The van der Waals surface area contributed by atoms with Crippen LogP contribution in [0.5, 0.6) is 0 Å². The molecule has 0 aromatic heterocycles. The molecule has 7 nitrogen and oxygen atoms in total. The van der Waals surface area contributed by atoms with Gasteiger partial charge >= 0.3 is 0 Å². The molecule has 8 heteroatoms. The Kier molecular flexibility index (Phi) is 6.40. The molecule has 0 saturated carbocycles. The molecule has 21 heavy (non-hydrogen) atoms. The number of aliphatic imine (C=N–C) groups is 1. The number of rotatable bonds is 5. The average Bonchev–Trinajstić information content (AvgIpc) is 2.83. The molecule has 2 unspecified atom stereocenters. The fraction of sp³-hybridized carbons (Fsp3) is 0.692. The third-order valence-electron chi connectivity index (χ3n) is 3.53. The maximum Gasteiger partial charge on any atom is 0.184 e. The summed E-state index contributed by atoms with van der Waals surface area (Å²) in [4.78, 5) is 6.61. The number of hydrazine groups is 1. The second-order valence-electron chi connectivity index (χ2n) is 5.06. The topological polar surface area (TPSA) is 64.5 Å². The molecule has 0 aromatic rings. The van der Waals surface area contributed by atoms with Gasteiger partial charge in [0.15, 0.2) is 3.84 Å². The SMILES string of the molecule is C=C/C(=N\N(C)/C(I)=N\CNNC)N1CC2CCC(C1)O2. The van der Waals surface area contributed by atoms with Crippen LogP contribution >= 0.6 is 22.6 Å². The first-order valence-corrected chi connectivity index (χ1v) is 8.16. The molecule has 2 aliphatic heterocycles. The molecule has 2 bridgehead atoms. The molecule has 2 rings (SSSR count). The van der Waals surface area contributed by atoms with E-state index in [1.165, 1.54) is 0 Å². The minimum atomic E-state index is 0.340. The van der Waals surface area contributed by atoms with E-state index in [-0.39, 0.29) is 0 Å². The van der Waals surface area contributed by atoms with Crippen LogP contribution in [0.4, 0.5) is 0 Å². The number of nitrogens with zero attached hydrogens (tertiary/aromatic N) is 4. The third kappa shape index (κ3) is 4.63. The van der Waals surface area contributed by atoms with Crippen molar-refractivity contribution in [2.75, 3.05) is 33.9 Å². The van der Waals surface area contributed by atoms with Gasteiger partial charge in [-0.15, -0.1) is 0 Å². The van der Waals surface area contributed by atoms with Crippen LogP contribution in [0.15, 0.2) is 22.7 Å². The van der Waals surface area contributed by atoms with E-state index in [0.29, 0.717) is 18.9 Å². The number of hydrogen-bond donors (Lipinski definition) is 2. The molecular formula is C13H23IN6O. The van der Waals surface area contributed by atoms with Gasteiger partial charge in [0.1, 0.15) is 12.5 Å². The van der Waals surface area contributed by atoms with E-state index in [9.17, 15) is 0 Å². The Morgan fingerprint density at radius 2 is 2.14 bits per heavy atom. The summed E-state index contributed by atoms with van der Waals surface area (Å²) in [5, 5.41) is 6.38. The first-order valence-electron chi connectivity index (χ1n) is 7.08. The normalized spacial score (nSPS) is 26.1. The van der Waals surface area contributed by atoms with Crippen molar-refractivity contribution in [3.05, 3.63) is 12.7 Å². The van der Waals surface area contributed by atoms with Crippen molar-refractivity contribution >= 4 is 32.3 Å². The Bertz CT molecular complexity index is 415. The van der Waals surface area contributed by atoms with Gasteiger partial charge in [-0.25, -0.2) is 15.4 Å². The zero-order chi connectivity index (χ0) is 15.2. The Labute approximate surface area is 139 Å². The first kappa shape index (κ1) is 16.7. The van der Waals surface area contributed by atoms with Crippen molar-refractivity contribution in [2.24, 2.45) is 10.1 Å². The summed E-state index contributed by atoms with van der Waals surface area (Å²) in [6.07, 6.45) is 4.78. The van der Waals surface area contributed by atoms with Gasteiger partial charge in [-0.3, -0.25) is 5.43 Å². The highest BCUT2D eigenvalue weighted by molar-refractivity contribution is 14.1. The number of halogens is 1. The summed E-state index contributed by atoms with van der Waals surface area (Å²) in [6.45, 7) is 6.18. The van der Waals surface area contributed by atoms with E-state index < -0.39 is 0 Å². The van der Waals surface area contributed by atoms with Gasteiger partial charge in [0.2, 0.25) is 0 Å². The lowest BCUT2D eigenvalue weighted by Gasteiger charge is -2.33. The molecule has 2 atom stereocenters. The van der Waals surface area contributed by atoms with Crippen LogP contribution in [0.2, 0.25) is 0 Å². The van der Waals surface area contributed by atoms with Crippen LogP contribution in [0, 0.1) is 0 Å². The van der Waals surface area contributed by atoms with Crippen LogP contribution in [-0.4, -0.2) is 65.6 Å². The van der Waals surface area contributed by atoms with Gasteiger partial charge in [-0.1, -0.05) is 6.58 Å². The number of fused-ring (bicyclic) bond motifs is 2. The van der Waals surface area contributed by atoms with Crippen LogP contribution in [-0.2, 0) is 4.74 Å². The lowest BCUT2D eigenvalue weighted by molar-refractivity contribution is -0.0157. The lowest BCUT2D eigenvalue weighted by Crippen LogP contribution is -2.45. The van der Waals surface area contributed by atoms with Crippen molar-refractivity contribution in [2.45, 2.75) is 25.0 Å². The van der Waals surface area contributed by atoms with Crippen LogP contribution in [0.3, 0.4) is 0 Å². The smallest absolute Gasteiger partial charge is 0.184 e. The van der Waals surface area contributed by atoms with Crippen LogP contribution < -0.4 is 10.9 Å². The Morgan fingerprint density at radius 3 is 2.71 bits per heavy atom. The van der Waals surface area contributed by atoms with E-state index in [1.807, 2.05) is 14.1 Å². The summed E-state index contributed by atoms with van der Waals surface area (Å²) in [6, 6.07) is 0. The summed E-state index contributed by atoms with van der Waals surface area (Å²) in [5.74, 6) is 0.878. The third-order valence-corrected chi connectivity index (χ3v) is 4.57. The van der Waals surface area contributed by atoms with Gasteiger partial charge in [-0.05, 0) is 26.0 Å². The summed E-state index contributed by atoms with van der Waals surface area (Å²) in [5.41, 5.74) is 5.75. The Balaban J connectivity index is 1.99. The highest BCUT2D eigenvalue weighted by Crippen LogP contribution is 2.26. The second kappa shape index (κ2) is 8.06. The fourth-order valence-electron chi connectivity index (χ4n) is 2.52. The predicted molar refractivity (Wildman–Crippen MR) is 93.4 cm³/mol. The molecule has 2 saturated heterocycles. The Morgan fingerprint density at radius 1 is 1.48 bits per heavy atom. The molecule has 118 valence electrons. The molecule has 2 heterocycles. The van der Waals surface area contributed by atoms with Crippen molar-refractivity contribution in [1.29, 1.82) is 0 Å². The molecule has 0 radical (unpaired) electrons. The van der Waals surface area contributed by atoms with Gasteiger partial charge in [0, 0.05) is 42.7 Å². The minimum absolute atomic E-state index is 0.340. The van der Waals surface area contributed by atoms with Crippen LogP contribution in [0.1, 0.15) is 12.8 Å². The van der Waals surface area contributed by atoms with E-state index >= 15 is 0 Å². The molecule has 0 amide bonds. The number of morpholine rings is 1. The number of amidine groups is 2. The van der Waals surface area contributed by atoms with E-state index in [4.69, 9.17) is 4.74 Å². The monoisotopic (exact) mass is 406 g/mol. The number of hydrogen-bond acceptors (Lipinski definition) is 5. The summed E-state index contributed by atoms with van der Waals surface area (Å²) < 4.78 is 6.67. The maximum atomic E-state index is 5.86. The molecule has 2 aliphatic rings. The standard InChI is InChI=1S/C13H23IN6O/c1-4-12(18-19(3)13(14)16-9-17-15-2)20-7-10-5-6-11(8-20)21-10/h4,10-11,15,17H,1,5-9H2,2-3H3/b16-13-,18-12+. The highest BCUT2D eigenvalue weighted by atomic mass is 127. The largest absolute Gasteiger partial charge is 0.371 e. The number of likely N-dealkylation sites (tertiary alicyclic amines) is 1. The Hall–Kier alpha value is -0.710. The lowest BCUT2D eigenvalue weighted by atomic mass is 10.2. The van der Waals surface area contributed by atoms with Crippen molar-refractivity contribution in [3.63, 3.8) is 0 Å². The molecule has 0 aromatic carbocycles. The van der Waals surface area contributed by atoms with E-state index in [0.717, 1.165) is 35.6 Å². The average molecular weight is 406 g/mol. The van der Waals surface area contributed by atoms with Gasteiger partial charge in [0.25, 0.3) is 0 Å². The number of hydrazone groups is 1. The van der Waals surface area contributed by atoms with Gasteiger partial charge < -0.3 is 9.64 Å². The molecule has 2 fully saturated rings. The molecule has 2 N–H and O–H groups in total. The van der Waals surface area contributed by atoms with Crippen LogP contribution in [0.25, 0.3) is 0 Å². The maximum absolute atomic E-state index is 5.86. The zero-order valence-electron chi connectivity index (χ0n) is 12.5. The molecule has 0 spiro atoms. The zero-order valence-corrected chi connectivity index (χ0v) is 14.7. The van der Waals surface area contributed by atoms with E-state index in [2.05, 4.69) is 55.0 Å². The number of ether oxygens (including phenoxy) is 1. The van der Waals surface area contributed by atoms with Gasteiger partial charge in [0.05, 0.1) is 12.2 Å². The predicted octanol–water partition coefficient (Wildman–Crippen LogP) is 0.753. The van der Waals surface area contributed by atoms with Crippen molar-refractivity contribution < 1.29 is 4.74 Å². The first-order chi connectivity index (χ1) is 10.1. The summed E-state index contributed by atoms with van der Waals surface area (Å²) >= 11 is 2.17. The second-order valence-corrected chi connectivity index (χ2v) is 6.03. The summed E-state index contributed by atoms with van der Waals surface area (Å²) in [7, 11) is 3.70. The van der Waals surface area contributed by atoms with E-state index in [1.54, 1.807) is 11.1 Å². The molecular weight excluding hydrogens is 383 g/mol. The highest BCUT2D eigenvalue weighted by Gasteiger charge is 2.34. The van der Waals surface area contributed by atoms with Gasteiger partial charge in [-0.2, -0.15) is 5.10 Å².